The van der Waals surface area contributed by atoms with Crippen LogP contribution in [0.2, 0.25) is 0 Å². The van der Waals surface area contributed by atoms with Gasteiger partial charge in [0.1, 0.15) is 11.5 Å². The van der Waals surface area contributed by atoms with E-state index in [2.05, 4.69) is 0 Å². The van der Waals surface area contributed by atoms with Gasteiger partial charge >= 0.3 is 0 Å². The quantitative estimate of drug-likeness (QED) is 0.609. The molecule has 0 radical (unpaired) electrons. The molecule has 0 heterocycles. The van der Waals surface area contributed by atoms with Gasteiger partial charge in [-0.1, -0.05) is 39.5 Å². The molecule has 25 heavy (non-hydrogen) atoms. The minimum Gasteiger partial charge on any atom is -0.506 e. The van der Waals surface area contributed by atoms with Crippen LogP contribution in [0.3, 0.4) is 0 Å². The Morgan fingerprint density at radius 3 is 1.36 bits per heavy atom. The first kappa shape index (κ1) is 19.6. The van der Waals surface area contributed by atoms with Gasteiger partial charge in [-0.25, -0.2) is 0 Å². The molecule has 0 aromatic heterocycles. The van der Waals surface area contributed by atoms with Crippen LogP contribution in [0.15, 0.2) is 34.1 Å². The van der Waals surface area contributed by atoms with Gasteiger partial charge in [0, 0.05) is 0 Å². The van der Waals surface area contributed by atoms with Gasteiger partial charge in [-0.15, -0.1) is 0 Å². The molecule has 2 aromatic rings. The normalized spacial score (nSPS) is 11.5. The number of aliphatic hydroxyl groups is 2. The smallest absolute Gasteiger partial charge is 0.132 e. The lowest BCUT2D eigenvalue weighted by molar-refractivity contribution is 0.281. The predicted octanol–water partition coefficient (Wildman–Crippen LogP) is 4.48. The Labute approximate surface area is 153 Å². The zero-order valence-electron chi connectivity index (χ0n) is 15.1. The van der Waals surface area contributed by atoms with E-state index in [0.717, 1.165) is 11.1 Å². The number of hydrogen-bond acceptors (Lipinski definition) is 5. The molecular weight excluding hydrogens is 336 g/mol. The number of phenols is 2. The Hall–Kier alpha value is -1.69. The molecule has 0 atom stereocenters. The second-order valence-corrected chi connectivity index (χ2v) is 7.88. The van der Waals surface area contributed by atoms with Gasteiger partial charge < -0.3 is 20.4 Å². The SMILES string of the molecule is CC(C)c1cc(CO)cc(Sc2cc(CO)cc(C(C)C)c2O)c1O. The van der Waals surface area contributed by atoms with Crippen molar-refractivity contribution in [2.45, 2.75) is 62.5 Å². The summed E-state index contributed by atoms with van der Waals surface area (Å²) >= 11 is 1.24. The summed E-state index contributed by atoms with van der Waals surface area (Å²) in [6.07, 6.45) is 0. The highest BCUT2D eigenvalue weighted by Crippen LogP contribution is 2.45. The maximum atomic E-state index is 10.6. The molecule has 0 aliphatic rings. The highest BCUT2D eigenvalue weighted by molar-refractivity contribution is 7.99. The van der Waals surface area contributed by atoms with Crippen molar-refractivity contribution in [3.8, 4) is 11.5 Å². The fraction of sp³-hybridized carbons (Fsp3) is 0.400. The van der Waals surface area contributed by atoms with E-state index in [0.29, 0.717) is 20.9 Å². The lowest BCUT2D eigenvalue weighted by atomic mass is 9.99. The van der Waals surface area contributed by atoms with E-state index < -0.39 is 0 Å². The molecule has 4 N–H and O–H groups in total. The Kier molecular flexibility index (Phi) is 6.38. The summed E-state index contributed by atoms with van der Waals surface area (Å²) in [5, 5.41) is 40.2. The summed E-state index contributed by atoms with van der Waals surface area (Å²) in [6, 6.07) is 7.05. The molecule has 0 bridgehead atoms. The van der Waals surface area contributed by atoms with E-state index in [1.807, 2.05) is 27.7 Å². The zero-order chi connectivity index (χ0) is 18.7. The van der Waals surface area contributed by atoms with Crippen molar-refractivity contribution in [1.29, 1.82) is 0 Å². The van der Waals surface area contributed by atoms with Crippen LogP contribution in [0.25, 0.3) is 0 Å². The van der Waals surface area contributed by atoms with Crippen molar-refractivity contribution < 1.29 is 20.4 Å². The van der Waals surface area contributed by atoms with E-state index in [1.165, 1.54) is 11.8 Å². The van der Waals surface area contributed by atoms with Crippen molar-refractivity contribution in [3.05, 3.63) is 46.5 Å². The molecule has 0 fully saturated rings. The van der Waals surface area contributed by atoms with Gasteiger partial charge in [-0.2, -0.15) is 0 Å². The summed E-state index contributed by atoms with van der Waals surface area (Å²) < 4.78 is 0. The molecule has 2 aromatic carbocycles. The average Bonchev–Trinajstić information content (AvgIpc) is 2.57. The first-order valence-electron chi connectivity index (χ1n) is 8.39. The maximum absolute atomic E-state index is 10.6. The molecule has 0 unspecified atom stereocenters. The van der Waals surface area contributed by atoms with Crippen LogP contribution in [0.1, 0.15) is 61.8 Å². The number of benzene rings is 2. The maximum Gasteiger partial charge on any atom is 0.132 e. The second kappa shape index (κ2) is 8.13. The number of aliphatic hydroxyl groups excluding tert-OH is 2. The fourth-order valence-electron chi connectivity index (χ4n) is 2.71. The lowest BCUT2D eigenvalue weighted by Gasteiger charge is -2.17. The molecular formula is C20H26O4S. The first-order valence-corrected chi connectivity index (χ1v) is 9.21. The Balaban J connectivity index is 2.56. The second-order valence-electron chi connectivity index (χ2n) is 6.79. The predicted molar refractivity (Wildman–Crippen MR) is 100 cm³/mol. The van der Waals surface area contributed by atoms with E-state index in [1.54, 1.807) is 24.3 Å². The monoisotopic (exact) mass is 362 g/mol. The highest BCUT2D eigenvalue weighted by atomic mass is 32.2. The van der Waals surface area contributed by atoms with Crippen LogP contribution in [0.4, 0.5) is 0 Å². The zero-order valence-corrected chi connectivity index (χ0v) is 15.9. The summed E-state index contributed by atoms with van der Waals surface area (Å²) in [4.78, 5) is 1.16. The van der Waals surface area contributed by atoms with Crippen molar-refractivity contribution >= 4 is 11.8 Å². The van der Waals surface area contributed by atoms with Gasteiger partial charge in [0.15, 0.2) is 0 Å². The third-order valence-electron chi connectivity index (χ3n) is 4.16. The van der Waals surface area contributed by atoms with Gasteiger partial charge in [-0.05, 0) is 58.4 Å². The summed E-state index contributed by atoms with van der Waals surface area (Å²) in [7, 11) is 0. The Morgan fingerprint density at radius 2 is 1.08 bits per heavy atom. The number of phenolic OH excluding ortho intramolecular Hbond substituents is 2. The van der Waals surface area contributed by atoms with E-state index in [-0.39, 0.29) is 36.5 Å². The third kappa shape index (κ3) is 4.29. The summed E-state index contributed by atoms with van der Waals surface area (Å²) in [5.74, 6) is 0.540. The molecule has 2 rings (SSSR count). The van der Waals surface area contributed by atoms with Crippen molar-refractivity contribution in [2.75, 3.05) is 0 Å². The van der Waals surface area contributed by atoms with Crippen LogP contribution in [-0.2, 0) is 13.2 Å². The topological polar surface area (TPSA) is 80.9 Å². The minimum absolute atomic E-state index is 0.106. The molecule has 0 amide bonds. The Bertz CT molecular complexity index is 690. The van der Waals surface area contributed by atoms with Crippen LogP contribution < -0.4 is 0 Å². The molecule has 5 heteroatoms. The molecule has 136 valence electrons. The average molecular weight is 362 g/mol. The van der Waals surface area contributed by atoms with Gasteiger partial charge in [0.2, 0.25) is 0 Å². The van der Waals surface area contributed by atoms with Gasteiger partial charge in [-0.3, -0.25) is 0 Å². The van der Waals surface area contributed by atoms with Crippen LogP contribution in [0, 0.1) is 0 Å². The van der Waals surface area contributed by atoms with Crippen molar-refractivity contribution in [1.82, 2.24) is 0 Å². The first-order chi connectivity index (χ1) is 11.8. The molecule has 0 aliphatic heterocycles. The molecule has 4 nitrogen and oxygen atoms in total. The molecule has 0 spiro atoms. The van der Waals surface area contributed by atoms with Crippen molar-refractivity contribution in [3.63, 3.8) is 0 Å². The number of aromatic hydroxyl groups is 2. The largest absolute Gasteiger partial charge is 0.506 e. The van der Waals surface area contributed by atoms with Crippen molar-refractivity contribution in [2.24, 2.45) is 0 Å². The van der Waals surface area contributed by atoms with Gasteiger partial charge in [0.05, 0.1) is 23.0 Å². The number of hydrogen-bond donors (Lipinski definition) is 4. The van der Waals surface area contributed by atoms with E-state index in [4.69, 9.17) is 0 Å². The number of rotatable bonds is 6. The van der Waals surface area contributed by atoms with Crippen LogP contribution >= 0.6 is 11.8 Å². The van der Waals surface area contributed by atoms with Crippen LogP contribution in [-0.4, -0.2) is 20.4 Å². The minimum atomic E-state index is -0.118. The summed E-state index contributed by atoms with van der Waals surface area (Å²) in [6.45, 7) is 7.68. The highest BCUT2D eigenvalue weighted by Gasteiger charge is 2.18. The lowest BCUT2D eigenvalue weighted by Crippen LogP contribution is -1.96. The Morgan fingerprint density at radius 1 is 0.720 bits per heavy atom. The van der Waals surface area contributed by atoms with E-state index >= 15 is 0 Å². The third-order valence-corrected chi connectivity index (χ3v) is 5.22. The fourth-order valence-corrected chi connectivity index (χ4v) is 3.80. The molecule has 0 saturated carbocycles. The van der Waals surface area contributed by atoms with E-state index in [9.17, 15) is 20.4 Å². The molecule has 0 aliphatic carbocycles. The standard InChI is InChI=1S/C20H26O4S/c1-11(2)15-5-13(9-21)7-17(19(15)23)25-18-8-14(10-22)6-16(12(3)4)20(18)24/h5-8,11-12,21-24H,9-10H2,1-4H3. The van der Waals surface area contributed by atoms with Gasteiger partial charge in [0.25, 0.3) is 0 Å². The summed E-state index contributed by atoms with van der Waals surface area (Å²) in [5.41, 5.74) is 2.95. The van der Waals surface area contributed by atoms with Crippen LogP contribution in [0.5, 0.6) is 11.5 Å². The molecule has 0 saturated heterocycles.